The van der Waals surface area contributed by atoms with E-state index in [0.717, 1.165) is 30.6 Å². The lowest BCUT2D eigenvalue weighted by atomic mass is 10.2. The minimum atomic E-state index is -0.123. The topological polar surface area (TPSA) is 73.6 Å². The van der Waals surface area contributed by atoms with Crippen molar-refractivity contribution in [2.45, 2.75) is 30.7 Å². The van der Waals surface area contributed by atoms with Gasteiger partial charge in [-0.05, 0) is 37.3 Å². The summed E-state index contributed by atoms with van der Waals surface area (Å²) in [6, 6.07) is 10.5. The Morgan fingerprint density at radius 2 is 1.96 bits per heavy atom. The second-order valence-electron chi connectivity index (χ2n) is 5.67. The van der Waals surface area contributed by atoms with Gasteiger partial charge >= 0.3 is 0 Å². The Bertz CT molecular complexity index is 813. The van der Waals surface area contributed by atoms with Crippen molar-refractivity contribution >= 4 is 22.8 Å². The number of aromatic nitrogens is 3. The molecule has 6 heteroatoms. The van der Waals surface area contributed by atoms with Crippen LogP contribution in [0.15, 0.2) is 52.5 Å². The average Bonchev–Trinajstić information content (AvgIpc) is 3.03. The number of nitrogens with zero attached hydrogens (tertiary/aromatic N) is 1. The van der Waals surface area contributed by atoms with Crippen molar-refractivity contribution in [2.75, 3.05) is 12.3 Å². The second kappa shape index (κ2) is 8.70. The summed E-state index contributed by atoms with van der Waals surface area (Å²) in [4.78, 5) is 22.8. The molecular formula is C18H22N4OS. The minimum absolute atomic E-state index is 0.123. The highest BCUT2D eigenvalue weighted by Gasteiger charge is 2.06. The Balaban J connectivity index is 1.31. The standard InChI is InChI=1S/C18H22N4OS/c23-18-17-16(21-13-22-18)14(12-20-17)11-19-9-5-2-6-10-24-15-7-3-1-4-8-15/h1,3-4,7-8,12-13,19-20H,2,5-6,9-11H2,(H,21,22,23). The van der Waals surface area contributed by atoms with Crippen LogP contribution in [0.2, 0.25) is 0 Å². The highest BCUT2D eigenvalue weighted by molar-refractivity contribution is 7.99. The quantitative estimate of drug-likeness (QED) is 0.412. The molecule has 0 amide bonds. The molecule has 24 heavy (non-hydrogen) atoms. The summed E-state index contributed by atoms with van der Waals surface area (Å²) in [5.41, 5.74) is 2.22. The van der Waals surface area contributed by atoms with Crippen LogP contribution in [0.25, 0.3) is 11.0 Å². The summed E-state index contributed by atoms with van der Waals surface area (Å²) in [5, 5.41) is 3.43. The zero-order valence-electron chi connectivity index (χ0n) is 13.5. The van der Waals surface area contributed by atoms with Gasteiger partial charge in [-0.3, -0.25) is 4.79 Å². The monoisotopic (exact) mass is 342 g/mol. The molecule has 3 rings (SSSR count). The van der Waals surface area contributed by atoms with E-state index in [2.05, 4.69) is 50.6 Å². The van der Waals surface area contributed by atoms with Gasteiger partial charge in [-0.2, -0.15) is 0 Å². The third-order valence-electron chi connectivity index (χ3n) is 3.87. The molecule has 0 atom stereocenters. The number of hydrogen-bond donors (Lipinski definition) is 3. The van der Waals surface area contributed by atoms with Gasteiger partial charge in [0.2, 0.25) is 0 Å². The van der Waals surface area contributed by atoms with Crippen LogP contribution in [0.3, 0.4) is 0 Å². The normalized spacial score (nSPS) is 11.2. The molecule has 3 aromatic rings. The number of thioether (sulfide) groups is 1. The predicted molar refractivity (Wildman–Crippen MR) is 99.4 cm³/mol. The van der Waals surface area contributed by atoms with Gasteiger partial charge in [-0.1, -0.05) is 24.6 Å². The molecule has 3 N–H and O–H groups in total. The van der Waals surface area contributed by atoms with Crippen LogP contribution in [0.4, 0.5) is 0 Å². The zero-order valence-corrected chi connectivity index (χ0v) is 14.4. The summed E-state index contributed by atoms with van der Waals surface area (Å²) < 4.78 is 0. The van der Waals surface area contributed by atoms with E-state index in [4.69, 9.17) is 0 Å². The van der Waals surface area contributed by atoms with E-state index in [9.17, 15) is 4.79 Å². The number of benzene rings is 1. The van der Waals surface area contributed by atoms with Crippen molar-refractivity contribution < 1.29 is 0 Å². The molecule has 1 aromatic carbocycles. The number of hydrogen-bond acceptors (Lipinski definition) is 4. The van der Waals surface area contributed by atoms with Gasteiger partial charge in [0.1, 0.15) is 5.52 Å². The fourth-order valence-electron chi connectivity index (χ4n) is 2.60. The molecule has 126 valence electrons. The molecule has 0 fully saturated rings. The first-order valence-electron chi connectivity index (χ1n) is 8.27. The predicted octanol–water partition coefficient (Wildman–Crippen LogP) is 3.30. The molecule has 2 aromatic heterocycles. The van der Waals surface area contributed by atoms with Gasteiger partial charge in [0.25, 0.3) is 5.56 Å². The first-order chi connectivity index (χ1) is 11.8. The van der Waals surface area contributed by atoms with Gasteiger partial charge < -0.3 is 15.3 Å². The molecule has 0 aliphatic carbocycles. The third kappa shape index (κ3) is 4.49. The molecule has 0 saturated carbocycles. The summed E-state index contributed by atoms with van der Waals surface area (Å²) >= 11 is 1.92. The van der Waals surface area contributed by atoms with Crippen LogP contribution in [0.5, 0.6) is 0 Å². The maximum atomic E-state index is 11.6. The van der Waals surface area contributed by atoms with Crippen molar-refractivity contribution in [1.82, 2.24) is 20.3 Å². The molecule has 0 aliphatic heterocycles. The molecule has 0 aliphatic rings. The Morgan fingerprint density at radius 1 is 1.08 bits per heavy atom. The minimum Gasteiger partial charge on any atom is -0.355 e. The van der Waals surface area contributed by atoms with E-state index in [1.165, 1.54) is 29.8 Å². The number of nitrogens with one attached hydrogen (secondary N) is 3. The lowest BCUT2D eigenvalue weighted by Crippen LogP contribution is -2.15. The Labute approximate surface area is 145 Å². The van der Waals surface area contributed by atoms with E-state index in [1.807, 2.05) is 18.0 Å². The number of rotatable bonds is 9. The summed E-state index contributed by atoms with van der Waals surface area (Å²) in [6.45, 7) is 1.71. The van der Waals surface area contributed by atoms with Crippen LogP contribution < -0.4 is 10.9 Å². The summed E-state index contributed by atoms with van der Waals surface area (Å²) in [6.07, 6.45) is 6.92. The Hall–Kier alpha value is -2.05. The Kier molecular flexibility index (Phi) is 6.09. The van der Waals surface area contributed by atoms with Crippen LogP contribution in [-0.2, 0) is 6.54 Å². The highest BCUT2D eigenvalue weighted by Crippen LogP contribution is 2.18. The molecule has 0 unspecified atom stereocenters. The molecule has 0 radical (unpaired) electrons. The van der Waals surface area contributed by atoms with Gasteiger partial charge in [-0.15, -0.1) is 11.8 Å². The largest absolute Gasteiger partial charge is 0.355 e. The zero-order chi connectivity index (χ0) is 16.6. The third-order valence-corrected chi connectivity index (χ3v) is 4.97. The fourth-order valence-corrected chi connectivity index (χ4v) is 3.53. The first-order valence-corrected chi connectivity index (χ1v) is 9.25. The van der Waals surface area contributed by atoms with Gasteiger partial charge in [-0.25, -0.2) is 4.98 Å². The van der Waals surface area contributed by atoms with Crippen LogP contribution in [-0.4, -0.2) is 27.2 Å². The van der Waals surface area contributed by atoms with Gasteiger partial charge in [0, 0.05) is 23.2 Å². The smallest absolute Gasteiger partial charge is 0.275 e. The van der Waals surface area contributed by atoms with Crippen LogP contribution >= 0.6 is 11.8 Å². The van der Waals surface area contributed by atoms with Crippen molar-refractivity contribution in [1.29, 1.82) is 0 Å². The number of H-pyrrole nitrogens is 2. The van der Waals surface area contributed by atoms with E-state index in [1.54, 1.807) is 0 Å². The molecule has 0 saturated heterocycles. The number of unbranched alkanes of at least 4 members (excludes halogenated alkanes) is 2. The van der Waals surface area contributed by atoms with Crippen LogP contribution in [0, 0.1) is 0 Å². The SMILES string of the molecule is O=c1[nH]cnc2c(CNCCCCCSc3ccccc3)c[nH]c12. The number of aromatic amines is 2. The lowest BCUT2D eigenvalue weighted by molar-refractivity contribution is 0.619. The van der Waals surface area contributed by atoms with Gasteiger partial charge in [0.15, 0.2) is 0 Å². The fraction of sp³-hybridized carbons (Fsp3) is 0.333. The number of fused-ring (bicyclic) bond motifs is 1. The molecule has 5 nitrogen and oxygen atoms in total. The molecule has 2 heterocycles. The maximum Gasteiger partial charge on any atom is 0.275 e. The van der Waals surface area contributed by atoms with Crippen molar-refractivity contribution in [2.24, 2.45) is 0 Å². The second-order valence-corrected chi connectivity index (χ2v) is 6.84. The molecule has 0 bridgehead atoms. The van der Waals surface area contributed by atoms with Crippen molar-refractivity contribution in [3.05, 3.63) is 58.8 Å². The highest BCUT2D eigenvalue weighted by atomic mass is 32.2. The summed E-state index contributed by atoms with van der Waals surface area (Å²) in [5.74, 6) is 1.17. The van der Waals surface area contributed by atoms with Crippen molar-refractivity contribution in [3.8, 4) is 0 Å². The van der Waals surface area contributed by atoms with E-state index in [-0.39, 0.29) is 5.56 Å². The van der Waals surface area contributed by atoms with E-state index in [0.29, 0.717) is 5.52 Å². The molecular weight excluding hydrogens is 320 g/mol. The molecule has 0 spiro atoms. The average molecular weight is 342 g/mol. The van der Waals surface area contributed by atoms with Crippen molar-refractivity contribution in [3.63, 3.8) is 0 Å². The van der Waals surface area contributed by atoms with E-state index < -0.39 is 0 Å². The Morgan fingerprint density at radius 3 is 2.83 bits per heavy atom. The lowest BCUT2D eigenvalue weighted by Gasteiger charge is -2.04. The maximum absolute atomic E-state index is 11.6. The van der Waals surface area contributed by atoms with Gasteiger partial charge in [0.05, 0.1) is 11.8 Å². The first kappa shape index (κ1) is 16.8. The van der Waals surface area contributed by atoms with Crippen LogP contribution in [0.1, 0.15) is 24.8 Å². The summed E-state index contributed by atoms with van der Waals surface area (Å²) in [7, 11) is 0. The van der Waals surface area contributed by atoms with E-state index >= 15 is 0 Å².